The zero-order chi connectivity index (χ0) is 17.5. The molecule has 2 atom stereocenters. The van der Waals surface area contributed by atoms with Crippen molar-refractivity contribution < 1.29 is 9.53 Å². The van der Waals surface area contributed by atoms with Crippen LogP contribution >= 0.6 is 0 Å². The topological polar surface area (TPSA) is 65.4 Å². The summed E-state index contributed by atoms with van der Waals surface area (Å²) in [7, 11) is 1.62. The van der Waals surface area contributed by atoms with Crippen molar-refractivity contribution in [1.29, 1.82) is 5.26 Å². The number of benzene rings is 1. The van der Waals surface area contributed by atoms with Gasteiger partial charge in [-0.3, -0.25) is 4.79 Å². The summed E-state index contributed by atoms with van der Waals surface area (Å²) in [6.45, 7) is 4.93. The Hall–Kier alpha value is -2.48. The number of hydrogen-bond acceptors (Lipinski definition) is 4. The number of rotatable bonds is 5. The zero-order valence-electron chi connectivity index (χ0n) is 14.6. The molecule has 0 spiro atoms. The van der Waals surface area contributed by atoms with E-state index in [0.29, 0.717) is 6.04 Å². The lowest BCUT2D eigenvalue weighted by Crippen LogP contribution is -2.35. The van der Waals surface area contributed by atoms with E-state index in [4.69, 9.17) is 4.74 Å². The van der Waals surface area contributed by atoms with Crippen LogP contribution in [0.3, 0.4) is 0 Å². The van der Waals surface area contributed by atoms with Crippen LogP contribution < -0.4 is 10.1 Å². The molecule has 2 unspecified atom stereocenters. The van der Waals surface area contributed by atoms with Crippen LogP contribution in [0.5, 0.6) is 5.75 Å². The van der Waals surface area contributed by atoms with Gasteiger partial charge in [0.05, 0.1) is 13.2 Å². The minimum atomic E-state index is -0.335. The van der Waals surface area contributed by atoms with Crippen molar-refractivity contribution in [1.82, 2.24) is 10.2 Å². The molecule has 1 fully saturated rings. The van der Waals surface area contributed by atoms with Gasteiger partial charge in [-0.15, -0.1) is 0 Å². The number of nitriles is 1. The molecule has 1 aromatic rings. The fourth-order valence-corrected chi connectivity index (χ4v) is 2.87. The van der Waals surface area contributed by atoms with Crippen molar-refractivity contribution in [2.75, 3.05) is 13.7 Å². The monoisotopic (exact) mass is 327 g/mol. The van der Waals surface area contributed by atoms with E-state index in [1.807, 2.05) is 37.3 Å². The van der Waals surface area contributed by atoms with Crippen molar-refractivity contribution in [2.24, 2.45) is 0 Å². The summed E-state index contributed by atoms with van der Waals surface area (Å²) in [5.74, 6) is 0.438. The molecule has 0 saturated carbocycles. The molecule has 1 saturated heterocycles. The normalized spacial score (nSPS) is 19.3. The van der Waals surface area contributed by atoms with Gasteiger partial charge in [-0.1, -0.05) is 12.1 Å². The quantitative estimate of drug-likeness (QED) is 0.666. The summed E-state index contributed by atoms with van der Waals surface area (Å²) >= 11 is 0. The third-order valence-electron chi connectivity index (χ3n) is 4.48. The second kappa shape index (κ2) is 8.39. The summed E-state index contributed by atoms with van der Waals surface area (Å²) in [6.07, 6.45) is 5.11. The Morgan fingerprint density at radius 3 is 2.71 bits per heavy atom. The average molecular weight is 327 g/mol. The number of nitrogens with zero attached hydrogens (tertiary/aromatic N) is 2. The number of piperidine rings is 1. The van der Waals surface area contributed by atoms with Crippen LogP contribution in [0.15, 0.2) is 36.0 Å². The Morgan fingerprint density at radius 1 is 1.42 bits per heavy atom. The van der Waals surface area contributed by atoms with Gasteiger partial charge in [0.2, 0.25) is 0 Å². The maximum atomic E-state index is 12.4. The standard InChI is InChI=1S/C19H25N3O2/c1-14-6-4-5-11-22(14)13-17(12-20)19(23)21-15(2)16-7-9-18(24-3)10-8-16/h7-10,13-15H,4-6,11H2,1-3H3,(H,21,23)/b17-13-. The predicted octanol–water partition coefficient (Wildman–Crippen LogP) is 3.15. The smallest absolute Gasteiger partial charge is 0.263 e. The molecule has 0 aromatic heterocycles. The molecule has 128 valence electrons. The van der Waals surface area contributed by atoms with Crippen molar-refractivity contribution in [2.45, 2.75) is 45.2 Å². The number of amides is 1. The lowest BCUT2D eigenvalue weighted by Gasteiger charge is -2.32. The highest BCUT2D eigenvalue weighted by molar-refractivity contribution is 5.97. The molecule has 1 heterocycles. The van der Waals surface area contributed by atoms with Gasteiger partial charge < -0.3 is 15.0 Å². The van der Waals surface area contributed by atoms with E-state index in [0.717, 1.165) is 30.7 Å². The van der Waals surface area contributed by atoms with Crippen LogP contribution in [0.1, 0.15) is 44.7 Å². The Bertz CT molecular complexity index is 631. The predicted molar refractivity (Wildman–Crippen MR) is 93.3 cm³/mol. The lowest BCUT2D eigenvalue weighted by atomic mass is 10.0. The first-order valence-corrected chi connectivity index (χ1v) is 8.37. The van der Waals surface area contributed by atoms with Gasteiger partial charge in [-0.2, -0.15) is 5.26 Å². The number of nitrogens with one attached hydrogen (secondary N) is 1. The molecule has 1 aliphatic rings. The van der Waals surface area contributed by atoms with Gasteiger partial charge in [0.15, 0.2) is 0 Å². The lowest BCUT2D eigenvalue weighted by molar-refractivity contribution is -0.117. The number of hydrogen-bond donors (Lipinski definition) is 1. The number of ether oxygens (including phenoxy) is 1. The summed E-state index contributed by atoms with van der Waals surface area (Å²) in [5.41, 5.74) is 1.12. The number of likely N-dealkylation sites (tertiary alicyclic amines) is 1. The van der Waals surface area contributed by atoms with Crippen LogP contribution in [0.25, 0.3) is 0 Å². The van der Waals surface area contributed by atoms with Crippen molar-refractivity contribution >= 4 is 5.91 Å². The van der Waals surface area contributed by atoms with Gasteiger partial charge in [-0.25, -0.2) is 0 Å². The SMILES string of the molecule is COc1ccc(C(C)NC(=O)/C(C#N)=C\N2CCCCC2C)cc1. The van der Waals surface area contributed by atoms with E-state index in [9.17, 15) is 10.1 Å². The van der Waals surface area contributed by atoms with Gasteiger partial charge in [0.25, 0.3) is 5.91 Å². The second-order valence-electron chi connectivity index (χ2n) is 6.21. The zero-order valence-corrected chi connectivity index (χ0v) is 14.6. The van der Waals surface area contributed by atoms with E-state index in [1.54, 1.807) is 13.3 Å². The Morgan fingerprint density at radius 2 is 2.12 bits per heavy atom. The third-order valence-corrected chi connectivity index (χ3v) is 4.48. The van der Waals surface area contributed by atoms with Crippen LogP contribution in [0.4, 0.5) is 0 Å². The maximum Gasteiger partial charge on any atom is 0.263 e. The first-order chi connectivity index (χ1) is 11.5. The molecule has 5 heteroatoms. The van der Waals surface area contributed by atoms with E-state index in [-0.39, 0.29) is 17.5 Å². The fraction of sp³-hybridized carbons (Fsp3) is 0.474. The number of carbonyl (C=O) groups excluding carboxylic acids is 1. The molecule has 1 N–H and O–H groups in total. The Balaban J connectivity index is 2.03. The van der Waals surface area contributed by atoms with Crippen molar-refractivity contribution in [3.05, 3.63) is 41.6 Å². The molecule has 1 amide bonds. The molecule has 0 bridgehead atoms. The molecule has 1 aromatic carbocycles. The number of carbonyl (C=O) groups is 1. The molecule has 5 nitrogen and oxygen atoms in total. The largest absolute Gasteiger partial charge is 0.497 e. The van der Waals surface area contributed by atoms with Crippen LogP contribution in [-0.4, -0.2) is 30.5 Å². The van der Waals surface area contributed by atoms with Gasteiger partial charge in [0, 0.05) is 18.8 Å². The molecule has 1 aliphatic heterocycles. The van der Waals surface area contributed by atoms with Crippen LogP contribution in [-0.2, 0) is 4.79 Å². The first-order valence-electron chi connectivity index (χ1n) is 8.37. The molecular formula is C19H25N3O2. The highest BCUT2D eigenvalue weighted by atomic mass is 16.5. The minimum absolute atomic E-state index is 0.157. The molecule has 24 heavy (non-hydrogen) atoms. The summed E-state index contributed by atoms with van der Waals surface area (Å²) < 4.78 is 5.14. The fourth-order valence-electron chi connectivity index (χ4n) is 2.87. The van der Waals surface area contributed by atoms with Gasteiger partial charge in [0.1, 0.15) is 17.4 Å². The second-order valence-corrected chi connectivity index (χ2v) is 6.21. The van der Waals surface area contributed by atoms with Crippen LogP contribution in [0, 0.1) is 11.3 Å². The highest BCUT2D eigenvalue weighted by Gasteiger charge is 2.19. The highest BCUT2D eigenvalue weighted by Crippen LogP contribution is 2.19. The van der Waals surface area contributed by atoms with Gasteiger partial charge in [-0.05, 0) is 50.8 Å². The van der Waals surface area contributed by atoms with Gasteiger partial charge >= 0.3 is 0 Å². The summed E-state index contributed by atoms with van der Waals surface area (Å²) in [5, 5.41) is 12.2. The molecule has 2 rings (SSSR count). The van der Waals surface area contributed by atoms with E-state index in [1.165, 1.54) is 6.42 Å². The van der Waals surface area contributed by atoms with Crippen molar-refractivity contribution in [3.63, 3.8) is 0 Å². The average Bonchev–Trinajstić information content (AvgIpc) is 2.61. The van der Waals surface area contributed by atoms with Crippen molar-refractivity contribution in [3.8, 4) is 11.8 Å². The van der Waals surface area contributed by atoms with E-state index < -0.39 is 0 Å². The Kier molecular flexibility index (Phi) is 6.25. The third kappa shape index (κ3) is 4.51. The van der Waals surface area contributed by atoms with Crippen LogP contribution in [0.2, 0.25) is 0 Å². The van der Waals surface area contributed by atoms with E-state index >= 15 is 0 Å². The Labute approximate surface area is 143 Å². The minimum Gasteiger partial charge on any atom is -0.497 e. The summed E-state index contributed by atoms with van der Waals surface area (Å²) in [4.78, 5) is 14.5. The molecule has 0 radical (unpaired) electrons. The summed E-state index contributed by atoms with van der Waals surface area (Å²) in [6, 6.07) is 9.75. The van der Waals surface area contributed by atoms with E-state index in [2.05, 4.69) is 17.1 Å². The maximum absolute atomic E-state index is 12.4. The first kappa shape index (κ1) is 17.9. The molecule has 0 aliphatic carbocycles. The number of methoxy groups -OCH3 is 1. The molecular weight excluding hydrogens is 302 g/mol.